The van der Waals surface area contributed by atoms with Crippen LogP contribution in [0.25, 0.3) is 0 Å². The smallest absolute Gasteiger partial charge is 0.220 e. The van der Waals surface area contributed by atoms with Crippen LogP contribution in [-0.4, -0.2) is 87.5 Å². The van der Waals surface area contributed by atoms with Crippen molar-refractivity contribution >= 4 is 5.91 Å². The number of hydrogen-bond acceptors (Lipinski definition) is 8. The average Bonchev–Trinajstić information content (AvgIpc) is 3.27. The van der Waals surface area contributed by atoms with Gasteiger partial charge in [0.05, 0.1) is 25.4 Å². The molecule has 0 spiro atoms. The first-order valence-corrected chi connectivity index (χ1v) is 26.9. The summed E-state index contributed by atoms with van der Waals surface area (Å²) in [6.45, 7) is 3.77. The van der Waals surface area contributed by atoms with E-state index in [1.165, 1.54) is 205 Å². The Balaban J connectivity index is 2.08. The zero-order valence-corrected chi connectivity index (χ0v) is 40.6. The van der Waals surface area contributed by atoms with E-state index in [0.717, 1.165) is 38.5 Å². The van der Waals surface area contributed by atoms with Gasteiger partial charge in [-0.1, -0.05) is 251 Å². The van der Waals surface area contributed by atoms with Crippen molar-refractivity contribution in [3.8, 4) is 0 Å². The number of ether oxygens (including phenoxy) is 2. The molecule has 1 fully saturated rings. The summed E-state index contributed by atoms with van der Waals surface area (Å²) >= 11 is 0. The molecule has 6 N–H and O–H groups in total. The molecule has 1 aliphatic heterocycles. The average molecular weight is 882 g/mol. The van der Waals surface area contributed by atoms with Crippen molar-refractivity contribution in [1.29, 1.82) is 0 Å². The first kappa shape index (κ1) is 58.9. The molecule has 1 rings (SSSR count). The van der Waals surface area contributed by atoms with E-state index in [9.17, 15) is 30.3 Å². The van der Waals surface area contributed by atoms with Crippen molar-refractivity contribution in [2.45, 2.75) is 307 Å². The van der Waals surface area contributed by atoms with Crippen LogP contribution in [0.3, 0.4) is 0 Å². The lowest BCUT2D eigenvalue weighted by Crippen LogP contribution is -2.60. The molecule has 0 bridgehead atoms. The lowest BCUT2D eigenvalue weighted by atomic mass is 9.99. The Kier molecular flexibility index (Phi) is 41.6. The van der Waals surface area contributed by atoms with Crippen molar-refractivity contribution in [1.82, 2.24) is 5.32 Å². The van der Waals surface area contributed by atoms with Gasteiger partial charge in [-0.15, -0.1) is 0 Å². The Morgan fingerprint density at radius 1 is 0.532 bits per heavy atom. The molecule has 62 heavy (non-hydrogen) atoms. The van der Waals surface area contributed by atoms with Gasteiger partial charge in [0.25, 0.3) is 0 Å². The van der Waals surface area contributed by atoms with E-state index >= 15 is 0 Å². The molecule has 1 amide bonds. The molecule has 1 saturated heterocycles. The summed E-state index contributed by atoms with van der Waals surface area (Å²) < 4.78 is 11.2. The van der Waals surface area contributed by atoms with Crippen molar-refractivity contribution in [3.63, 3.8) is 0 Å². The van der Waals surface area contributed by atoms with Gasteiger partial charge >= 0.3 is 0 Å². The first-order chi connectivity index (χ1) is 30.3. The van der Waals surface area contributed by atoms with E-state index in [4.69, 9.17) is 9.47 Å². The molecule has 0 aliphatic carbocycles. The summed E-state index contributed by atoms with van der Waals surface area (Å²) in [5.41, 5.74) is 0. The van der Waals surface area contributed by atoms with Crippen LogP contribution in [0.2, 0.25) is 0 Å². The Morgan fingerprint density at radius 2 is 0.887 bits per heavy atom. The molecule has 1 heterocycles. The SMILES string of the molecule is CCCCCCCCC/C=C/[C@@H](O)[C@H](CO[C@@H]1O[C@H](CO)[C@H](O)C(O)C1O)NC(=O)CCCCCCCCCCCCCCCCCCCCCCCCCCCCCCCC. The predicted octanol–water partition coefficient (Wildman–Crippen LogP) is 12.5. The van der Waals surface area contributed by atoms with Crippen LogP contribution in [0.5, 0.6) is 0 Å². The highest BCUT2D eigenvalue weighted by Gasteiger charge is 2.44. The van der Waals surface area contributed by atoms with E-state index in [0.29, 0.717) is 6.42 Å². The predicted molar refractivity (Wildman–Crippen MR) is 258 cm³/mol. The zero-order valence-electron chi connectivity index (χ0n) is 40.6. The number of rotatable bonds is 46. The second-order valence-corrected chi connectivity index (χ2v) is 19.0. The van der Waals surface area contributed by atoms with E-state index in [1.54, 1.807) is 6.08 Å². The molecule has 0 aromatic rings. The molecule has 0 saturated carbocycles. The summed E-state index contributed by atoms with van der Waals surface area (Å²) in [5, 5.41) is 54.1. The highest BCUT2D eigenvalue weighted by molar-refractivity contribution is 5.76. The van der Waals surface area contributed by atoms with Crippen LogP contribution in [-0.2, 0) is 14.3 Å². The molecule has 368 valence electrons. The Hall–Kier alpha value is -1.07. The third-order valence-corrected chi connectivity index (χ3v) is 13.1. The second-order valence-electron chi connectivity index (χ2n) is 19.0. The molecular formula is C53H103NO8. The number of unbranched alkanes of at least 4 members (excludes halogenated alkanes) is 36. The minimum absolute atomic E-state index is 0.174. The molecule has 0 aromatic carbocycles. The number of hydrogen-bond donors (Lipinski definition) is 6. The van der Waals surface area contributed by atoms with Crippen LogP contribution in [0.1, 0.15) is 264 Å². The van der Waals surface area contributed by atoms with E-state index in [1.807, 2.05) is 6.08 Å². The number of aliphatic hydroxyl groups excluding tert-OH is 5. The van der Waals surface area contributed by atoms with Gasteiger partial charge < -0.3 is 40.3 Å². The van der Waals surface area contributed by atoms with Gasteiger partial charge in [-0.05, 0) is 19.3 Å². The highest BCUT2D eigenvalue weighted by atomic mass is 16.7. The Labute approximate surface area is 382 Å². The Morgan fingerprint density at radius 3 is 1.26 bits per heavy atom. The summed E-state index contributed by atoms with van der Waals surface area (Å²) in [7, 11) is 0. The maximum absolute atomic E-state index is 13.0. The maximum Gasteiger partial charge on any atom is 0.220 e. The molecule has 9 nitrogen and oxygen atoms in total. The topological polar surface area (TPSA) is 149 Å². The summed E-state index contributed by atoms with van der Waals surface area (Å²) in [6.07, 6.45) is 45.9. The van der Waals surface area contributed by atoms with Crippen LogP contribution >= 0.6 is 0 Å². The second kappa shape index (κ2) is 43.8. The number of amides is 1. The number of carbonyl (C=O) groups is 1. The van der Waals surface area contributed by atoms with Gasteiger partial charge in [-0.3, -0.25) is 4.79 Å². The first-order valence-electron chi connectivity index (χ1n) is 26.9. The number of aliphatic hydroxyl groups is 5. The summed E-state index contributed by atoms with van der Waals surface area (Å²) in [6, 6.07) is -0.797. The fourth-order valence-corrected chi connectivity index (χ4v) is 8.81. The van der Waals surface area contributed by atoms with Gasteiger partial charge in [-0.2, -0.15) is 0 Å². The minimum atomic E-state index is -1.56. The van der Waals surface area contributed by atoms with E-state index < -0.39 is 49.5 Å². The van der Waals surface area contributed by atoms with E-state index in [2.05, 4.69) is 19.2 Å². The van der Waals surface area contributed by atoms with Crippen LogP contribution in [0, 0.1) is 0 Å². The zero-order chi connectivity index (χ0) is 45.1. The van der Waals surface area contributed by atoms with Crippen LogP contribution < -0.4 is 5.32 Å². The fourth-order valence-electron chi connectivity index (χ4n) is 8.81. The maximum atomic E-state index is 13.0. The van der Waals surface area contributed by atoms with Gasteiger partial charge in [-0.25, -0.2) is 0 Å². The summed E-state index contributed by atoms with van der Waals surface area (Å²) in [5.74, 6) is -0.174. The molecular weight excluding hydrogens is 779 g/mol. The lowest BCUT2D eigenvalue weighted by Gasteiger charge is -2.40. The van der Waals surface area contributed by atoms with Crippen LogP contribution in [0.4, 0.5) is 0 Å². The molecule has 2 unspecified atom stereocenters. The van der Waals surface area contributed by atoms with Gasteiger partial charge in [0.2, 0.25) is 5.91 Å². The Bertz CT molecular complexity index is 981. The monoisotopic (exact) mass is 882 g/mol. The van der Waals surface area contributed by atoms with Crippen molar-refractivity contribution in [2.24, 2.45) is 0 Å². The van der Waals surface area contributed by atoms with Gasteiger partial charge in [0.15, 0.2) is 6.29 Å². The number of allylic oxidation sites excluding steroid dienone is 1. The largest absolute Gasteiger partial charge is 0.394 e. The van der Waals surface area contributed by atoms with Crippen LogP contribution in [0.15, 0.2) is 12.2 Å². The molecule has 0 aromatic heterocycles. The normalized spacial score (nSPS) is 20.3. The number of nitrogens with one attached hydrogen (secondary N) is 1. The minimum Gasteiger partial charge on any atom is -0.394 e. The lowest BCUT2D eigenvalue weighted by molar-refractivity contribution is -0.302. The molecule has 0 radical (unpaired) electrons. The number of carbonyl (C=O) groups excluding carboxylic acids is 1. The summed E-state index contributed by atoms with van der Waals surface area (Å²) in [4.78, 5) is 13.0. The molecule has 7 atom stereocenters. The van der Waals surface area contributed by atoms with Gasteiger partial charge in [0.1, 0.15) is 24.4 Å². The quantitative estimate of drug-likeness (QED) is 0.0261. The van der Waals surface area contributed by atoms with Crippen molar-refractivity contribution in [3.05, 3.63) is 12.2 Å². The van der Waals surface area contributed by atoms with Crippen molar-refractivity contribution < 1.29 is 39.8 Å². The van der Waals surface area contributed by atoms with Gasteiger partial charge in [0, 0.05) is 6.42 Å². The van der Waals surface area contributed by atoms with Crippen molar-refractivity contribution in [2.75, 3.05) is 13.2 Å². The standard InChI is InChI=1S/C53H103NO8/c1-3-5-7-9-11-13-14-15-16-17-18-19-20-21-22-23-24-25-26-27-28-29-30-31-32-33-35-37-39-41-43-49(57)54-46(47(56)42-40-38-36-34-12-10-8-6-4-2)45-61-53-52(60)51(59)50(58)48(44-55)62-53/h40,42,46-48,50-53,55-56,58-60H,3-39,41,43-45H2,1-2H3,(H,54,57)/b42-40+/t46-,47+,48+,50-,51?,52?,53+/m0/s1. The molecule has 9 heteroatoms. The third-order valence-electron chi connectivity index (χ3n) is 13.1. The highest BCUT2D eigenvalue weighted by Crippen LogP contribution is 2.23. The van der Waals surface area contributed by atoms with E-state index in [-0.39, 0.29) is 12.5 Å². The molecule has 1 aliphatic rings. The fraction of sp³-hybridized carbons (Fsp3) is 0.943. The third kappa shape index (κ3) is 33.4.